The number of phosphoric ester groups is 1. The van der Waals surface area contributed by atoms with Gasteiger partial charge in [0, 0.05) is 22.8 Å². The summed E-state index contributed by atoms with van der Waals surface area (Å²) in [7, 11) is -8.49. The fourth-order valence-corrected chi connectivity index (χ4v) is 6.16. The number of fused-ring (bicyclic) bond motifs is 2. The van der Waals surface area contributed by atoms with Crippen molar-refractivity contribution in [1.82, 2.24) is 34.1 Å². The van der Waals surface area contributed by atoms with Crippen molar-refractivity contribution < 1.29 is 52.5 Å². The number of phosphoric acid groups is 1. The number of H-pyrrole nitrogens is 1. The summed E-state index contributed by atoms with van der Waals surface area (Å²) < 4.78 is 48.3. The zero-order valence-corrected chi connectivity index (χ0v) is 24.6. The van der Waals surface area contributed by atoms with Gasteiger partial charge in [0.1, 0.15) is 24.1 Å². The SMILES string of the molecule is Cc1cn(C2OC(COP(=O)(O)OC3=C(n4cnc5c(=O)[nH]cnc54)CC(CO)=C3O)C(O[P+](=O)O)=C2O)c2ncnc(N)c12. The third-order valence-electron chi connectivity index (χ3n) is 6.94. The number of aryl methyl sites for hydroxylation is 1. The summed E-state index contributed by atoms with van der Waals surface area (Å²) in [5, 5.41) is 31.8. The van der Waals surface area contributed by atoms with Crippen molar-refractivity contribution in [2.24, 2.45) is 0 Å². The minimum Gasteiger partial charge on any atom is -0.505 e. The van der Waals surface area contributed by atoms with E-state index in [1.165, 1.54) is 28.0 Å². The maximum absolute atomic E-state index is 13.1. The number of anilines is 1. The molecule has 4 aromatic rings. The molecule has 0 amide bonds. The summed E-state index contributed by atoms with van der Waals surface area (Å²) in [5.74, 6) is -2.32. The number of ether oxygens (including phenoxy) is 1. The largest absolute Gasteiger partial charge is 0.747 e. The summed E-state index contributed by atoms with van der Waals surface area (Å²) >= 11 is 0. The average molecular weight is 665 g/mol. The lowest BCUT2D eigenvalue weighted by Gasteiger charge is -2.19. The minimum atomic E-state index is -5.17. The fourth-order valence-electron chi connectivity index (χ4n) is 4.98. The van der Waals surface area contributed by atoms with Gasteiger partial charge in [-0.1, -0.05) is 0 Å². The van der Waals surface area contributed by atoms with Crippen molar-refractivity contribution in [3.8, 4) is 0 Å². The highest BCUT2D eigenvalue weighted by atomic mass is 31.2. The highest BCUT2D eigenvalue weighted by Gasteiger charge is 2.45. The summed E-state index contributed by atoms with van der Waals surface area (Å²) in [5.41, 5.74) is 6.23. The van der Waals surface area contributed by atoms with E-state index in [0.717, 1.165) is 6.33 Å². The Bertz CT molecular complexity index is 2080. The van der Waals surface area contributed by atoms with Crippen LogP contribution in [0.25, 0.3) is 27.9 Å². The number of aliphatic hydroxyl groups is 3. The van der Waals surface area contributed by atoms with Crippen LogP contribution in [0.3, 0.4) is 0 Å². The molecule has 4 unspecified atom stereocenters. The monoisotopic (exact) mass is 665 g/mol. The molecule has 0 spiro atoms. The fraction of sp³-hybridized carbons (Fsp3) is 0.261. The standard InChI is InChI=1S/C23H22N8O12P2/c1-9-3-30(20-13(9)19(24)25-6-26-20)23-16(34)18(42-44(36)37)12(41-23)5-40-45(38,39)43-17-11(2-10(4-32)15(17)33)31-8-29-14-21(31)27-7-28-22(14)35/h3,6-8,12,23,32H,2,4-5H2,1H3,(H6-,24,25,26,27,28,33,34,35,36,37,38,39)/p+1. The van der Waals surface area contributed by atoms with Crippen LogP contribution < -0.4 is 11.3 Å². The topological polar surface area (TPSA) is 293 Å². The molecule has 22 heteroatoms. The van der Waals surface area contributed by atoms with E-state index < -0.39 is 70.2 Å². The molecule has 8 N–H and O–H groups in total. The first-order valence-corrected chi connectivity index (χ1v) is 15.4. The van der Waals surface area contributed by atoms with E-state index in [9.17, 15) is 39.0 Å². The van der Waals surface area contributed by atoms with Crippen molar-refractivity contribution >= 4 is 49.8 Å². The number of nitrogens with two attached hydrogens (primary N) is 1. The molecule has 5 heterocycles. The van der Waals surface area contributed by atoms with E-state index >= 15 is 0 Å². The predicted molar refractivity (Wildman–Crippen MR) is 151 cm³/mol. The summed E-state index contributed by atoms with van der Waals surface area (Å²) in [4.78, 5) is 50.6. The summed E-state index contributed by atoms with van der Waals surface area (Å²) in [6, 6.07) is 0. The second kappa shape index (κ2) is 11.4. The zero-order chi connectivity index (χ0) is 32.2. The quantitative estimate of drug-likeness (QED) is 0.117. The van der Waals surface area contributed by atoms with Gasteiger partial charge in [-0.25, -0.2) is 29.0 Å². The van der Waals surface area contributed by atoms with Crippen LogP contribution in [-0.4, -0.2) is 78.5 Å². The van der Waals surface area contributed by atoms with E-state index in [1.807, 2.05) is 0 Å². The minimum absolute atomic E-state index is 0.00200. The zero-order valence-electron chi connectivity index (χ0n) is 22.8. The van der Waals surface area contributed by atoms with Crippen LogP contribution in [0.15, 0.2) is 58.6 Å². The van der Waals surface area contributed by atoms with Gasteiger partial charge in [-0.3, -0.25) is 23.3 Å². The van der Waals surface area contributed by atoms with Crippen molar-refractivity contribution in [3.63, 3.8) is 0 Å². The number of hydrogen-bond acceptors (Lipinski definition) is 15. The number of nitrogens with zero attached hydrogens (tertiary/aromatic N) is 6. The second-order valence-electron chi connectivity index (χ2n) is 9.67. The van der Waals surface area contributed by atoms with Gasteiger partial charge in [0.2, 0.25) is 5.76 Å². The Balaban J connectivity index is 1.28. The van der Waals surface area contributed by atoms with Crippen molar-refractivity contribution in [1.29, 1.82) is 0 Å². The molecule has 0 fully saturated rings. The van der Waals surface area contributed by atoms with E-state index in [0.29, 0.717) is 10.9 Å². The van der Waals surface area contributed by atoms with E-state index in [1.54, 1.807) is 6.92 Å². The van der Waals surface area contributed by atoms with Crippen LogP contribution in [-0.2, 0) is 27.4 Å². The first-order chi connectivity index (χ1) is 21.4. The molecule has 0 saturated heterocycles. The van der Waals surface area contributed by atoms with Gasteiger partial charge in [0.25, 0.3) is 5.56 Å². The van der Waals surface area contributed by atoms with Crippen LogP contribution in [0.1, 0.15) is 18.2 Å². The Morgan fingerprint density at radius 2 is 2.02 bits per heavy atom. The molecule has 1 aliphatic carbocycles. The van der Waals surface area contributed by atoms with Gasteiger partial charge in [-0.05, 0) is 12.5 Å². The van der Waals surface area contributed by atoms with Crippen LogP contribution in [0, 0.1) is 6.92 Å². The molecule has 0 bridgehead atoms. The Hall–Kier alpha value is -4.68. The van der Waals surface area contributed by atoms with Crippen LogP contribution in [0.2, 0.25) is 0 Å². The number of rotatable bonds is 10. The van der Waals surface area contributed by atoms with Gasteiger partial charge in [-0.15, -0.1) is 4.89 Å². The molecule has 0 saturated carbocycles. The van der Waals surface area contributed by atoms with Crippen LogP contribution >= 0.6 is 16.1 Å². The average Bonchev–Trinajstić information content (AvgIpc) is 3.72. The molecule has 1 aliphatic heterocycles. The van der Waals surface area contributed by atoms with Crippen LogP contribution in [0.4, 0.5) is 5.82 Å². The number of aromatic nitrogens is 7. The third-order valence-corrected chi connectivity index (χ3v) is 8.18. The molecule has 6 rings (SSSR count). The first-order valence-electron chi connectivity index (χ1n) is 12.7. The predicted octanol–water partition coefficient (Wildman–Crippen LogP) is 1.30. The van der Waals surface area contributed by atoms with Crippen LogP contribution in [0.5, 0.6) is 0 Å². The number of allylic oxidation sites excluding steroid dienone is 1. The second-order valence-corrected chi connectivity index (χ2v) is 11.7. The molecule has 20 nitrogen and oxygen atoms in total. The number of nitrogens with one attached hydrogen (secondary N) is 1. The lowest BCUT2D eigenvalue weighted by molar-refractivity contribution is -0.0319. The van der Waals surface area contributed by atoms with E-state index in [4.69, 9.17) is 24.0 Å². The molecule has 45 heavy (non-hydrogen) atoms. The highest BCUT2D eigenvalue weighted by molar-refractivity contribution is 7.47. The normalized spacial score (nSPS) is 20.5. The maximum atomic E-state index is 13.1. The molecule has 0 aromatic carbocycles. The van der Waals surface area contributed by atoms with E-state index in [-0.39, 0.29) is 40.3 Å². The number of nitrogen functional groups attached to an aromatic ring is 1. The van der Waals surface area contributed by atoms with Gasteiger partial charge in [0.15, 0.2) is 40.8 Å². The molecular weight excluding hydrogens is 642 g/mol. The Kier molecular flexibility index (Phi) is 7.66. The smallest absolute Gasteiger partial charge is 0.505 e. The van der Waals surface area contributed by atoms with Crippen molar-refractivity contribution in [3.05, 3.63) is 69.7 Å². The Morgan fingerprint density at radius 1 is 1.24 bits per heavy atom. The maximum Gasteiger partial charge on any atom is 0.747 e. The molecular formula is C23H23N8O12P2+. The molecule has 2 aliphatic rings. The summed E-state index contributed by atoms with van der Waals surface area (Å²) in [6.07, 6.45) is 1.90. The molecule has 236 valence electrons. The third kappa shape index (κ3) is 5.33. The number of imidazole rings is 1. The highest BCUT2D eigenvalue weighted by Crippen LogP contribution is 2.51. The molecule has 4 aromatic heterocycles. The number of aromatic amines is 1. The Labute approximate surface area is 250 Å². The van der Waals surface area contributed by atoms with Gasteiger partial charge >= 0.3 is 16.1 Å². The van der Waals surface area contributed by atoms with Gasteiger partial charge in [-0.2, -0.15) is 0 Å². The van der Waals surface area contributed by atoms with Gasteiger partial charge < -0.3 is 35.3 Å². The summed E-state index contributed by atoms with van der Waals surface area (Å²) in [6.45, 7) is 0.187. The van der Waals surface area contributed by atoms with Crippen molar-refractivity contribution in [2.75, 3.05) is 18.9 Å². The lowest BCUT2D eigenvalue weighted by Crippen LogP contribution is -2.20. The number of aliphatic hydroxyl groups excluding tert-OH is 3. The first kappa shape index (κ1) is 30.4. The molecule has 4 atom stereocenters. The number of hydrogen-bond donors (Lipinski definition) is 7. The Morgan fingerprint density at radius 3 is 2.76 bits per heavy atom. The van der Waals surface area contributed by atoms with E-state index in [2.05, 4.69) is 24.9 Å². The lowest BCUT2D eigenvalue weighted by atomic mass is 10.2. The van der Waals surface area contributed by atoms with Gasteiger partial charge in [0.05, 0.1) is 30.6 Å². The van der Waals surface area contributed by atoms with Crippen molar-refractivity contribution in [2.45, 2.75) is 25.7 Å². The molecule has 0 radical (unpaired) electrons.